The minimum Gasteiger partial charge on any atom is -0.489 e. The van der Waals surface area contributed by atoms with Gasteiger partial charge in [-0.05, 0) is 65.8 Å². The van der Waals surface area contributed by atoms with Crippen molar-refractivity contribution < 1.29 is 14.6 Å². The fraction of sp³-hybridized carbons (Fsp3) is 0.480. The minimum absolute atomic E-state index is 0.0546. The Hall–Kier alpha value is -2.29. The normalized spacial score (nSPS) is 25.5. The van der Waals surface area contributed by atoms with Crippen molar-refractivity contribution in [2.24, 2.45) is 11.8 Å². The summed E-state index contributed by atoms with van der Waals surface area (Å²) in [4.78, 5) is 11.8. The van der Waals surface area contributed by atoms with Crippen LogP contribution in [0.1, 0.15) is 63.1 Å². The summed E-state index contributed by atoms with van der Waals surface area (Å²) in [7, 11) is 0. The van der Waals surface area contributed by atoms with Crippen LogP contribution in [0.2, 0.25) is 0 Å². The van der Waals surface area contributed by atoms with Crippen LogP contribution in [0.15, 0.2) is 48.5 Å². The van der Waals surface area contributed by atoms with Crippen LogP contribution >= 0.6 is 0 Å². The zero-order valence-corrected chi connectivity index (χ0v) is 17.3. The number of carbonyl (C=O) groups is 1. The van der Waals surface area contributed by atoms with Crippen molar-refractivity contribution in [1.29, 1.82) is 0 Å². The van der Waals surface area contributed by atoms with E-state index >= 15 is 0 Å². The van der Waals surface area contributed by atoms with Crippen molar-refractivity contribution in [2.45, 2.75) is 64.9 Å². The summed E-state index contributed by atoms with van der Waals surface area (Å²) in [5.74, 6) is 0.272. The highest BCUT2D eigenvalue weighted by atomic mass is 16.5. The number of rotatable bonds is 4. The molecule has 3 unspecified atom stereocenters. The number of hydrogen-bond donors (Lipinski definition) is 1. The predicted octanol–water partition coefficient (Wildman–Crippen LogP) is 6.00. The van der Waals surface area contributed by atoms with Crippen LogP contribution in [0.5, 0.6) is 5.75 Å². The van der Waals surface area contributed by atoms with Gasteiger partial charge in [-0.1, -0.05) is 63.6 Å². The lowest BCUT2D eigenvalue weighted by Gasteiger charge is -2.49. The Balaban J connectivity index is 0.00000109. The molecule has 0 heterocycles. The molecule has 1 N–H and O–H groups in total. The maximum atomic E-state index is 11.8. The molecular formula is C25H32O3. The third kappa shape index (κ3) is 3.94. The van der Waals surface area contributed by atoms with Gasteiger partial charge in [0.25, 0.3) is 0 Å². The monoisotopic (exact) mass is 380 g/mol. The van der Waals surface area contributed by atoms with Crippen molar-refractivity contribution in [2.75, 3.05) is 0 Å². The van der Waals surface area contributed by atoms with Gasteiger partial charge in [0, 0.05) is 0 Å². The van der Waals surface area contributed by atoms with Gasteiger partial charge >= 0.3 is 5.97 Å². The van der Waals surface area contributed by atoms with Crippen molar-refractivity contribution in [3.05, 3.63) is 65.2 Å². The first kappa shape index (κ1) is 20.4. The fourth-order valence-electron chi connectivity index (χ4n) is 5.12. The Bertz CT molecular complexity index is 799. The highest BCUT2D eigenvalue weighted by Crippen LogP contribution is 2.52. The summed E-state index contributed by atoms with van der Waals surface area (Å²) in [6.45, 7) is 6.82. The first-order valence-electron chi connectivity index (χ1n) is 10.6. The van der Waals surface area contributed by atoms with Gasteiger partial charge in [0.05, 0.1) is 5.92 Å². The van der Waals surface area contributed by atoms with E-state index in [1.807, 2.05) is 32.0 Å². The van der Waals surface area contributed by atoms with Crippen molar-refractivity contribution in [3.8, 4) is 5.75 Å². The molecule has 0 saturated heterocycles. The van der Waals surface area contributed by atoms with Crippen molar-refractivity contribution in [3.63, 3.8) is 0 Å². The standard InChI is InChI=1S/C23H26O3.C2H6/c1-23-13-5-8-19(22(24)25)20(23)12-10-17-9-11-18(14-21(17)23)26-15-16-6-3-2-4-7-16;1-2/h2-4,6-7,9,11,14,19-20H,5,8,10,12-13,15H2,1H3,(H,24,25);1-2H3. The van der Waals surface area contributed by atoms with Crippen LogP contribution < -0.4 is 4.74 Å². The third-order valence-corrected chi connectivity index (χ3v) is 6.50. The summed E-state index contributed by atoms with van der Waals surface area (Å²) >= 11 is 0. The van der Waals surface area contributed by atoms with Crippen LogP contribution in [0, 0.1) is 11.8 Å². The Morgan fingerprint density at radius 3 is 2.61 bits per heavy atom. The van der Waals surface area contributed by atoms with E-state index in [-0.39, 0.29) is 17.3 Å². The second-order valence-electron chi connectivity index (χ2n) is 7.99. The highest BCUT2D eigenvalue weighted by molar-refractivity contribution is 5.71. The topological polar surface area (TPSA) is 46.5 Å². The summed E-state index contributed by atoms with van der Waals surface area (Å²) in [5, 5.41) is 9.68. The number of fused-ring (bicyclic) bond motifs is 3. The number of benzene rings is 2. The zero-order chi connectivity index (χ0) is 20.1. The van der Waals surface area contributed by atoms with Gasteiger partial charge in [-0.15, -0.1) is 0 Å². The number of carboxylic acid groups (broad SMARTS) is 1. The van der Waals surface area contributed by atoms with E-state index in [4.69, 9.17) is 4.74 Å². The van der Waals surface area contributed by atoms with Gasteiger partial charge in [-0.25, -0.2) is 0 Å². The quantitative estimate of drug-likeness (QED) is 0.708. The van der Waals surface area contributed by atoms with E-state index in [0.29, 0.717) is 6.61 Å². The molecule has 2 aliphatic carbocycles. The second-order valence-corrected chi connectivity index (χ2v) is 7.99. The first-order chi connectivity index (χ1) is 13.6. The molecular weight excluding hydrogens is 348 g/mol. The number of aliphatic carboxylic acids is 1. The number of hydrogen-bond acceptors (Lipinski definition) is 2. The predicted molar refractivity (Wildman–Crippen MR) is 113 cm³/mol. The molecule has 3 heteroatoms. The average molecular weight is 381 g/mol. The first-order valence-corrected chi connectivity index (χ1v) is 10.6. The van der Waals surface area contributed by atoms with E-state index in [1.54, 1.807) is 0 Å². The fourth-order valence-corrected chi connectivity index (χ4v) is 5.12. The molecule has 0 amide bonds. The Labute approximate surface area is 168 Å². The second kappa shape index (κ2) is 8.81. The molecule has 3 nitrogen and oxygen atoms in total. The van der Waals surface area contributed by atoms with Crippen LogP contribution in [0.25, 0.3) is 0 Å². The van der Waals surface area contributed by atoms with Gasteiger partial charge < -0.3 is 9.84 Å². The SMILES string of the molecule is CC.CC12CCCC(C(=O)O)C1CCc1ccc(OCc3ccccc3)cc12. The zero-order valence-electron chi connectivity index (χ0n) is 17.3. The van der Waals surface area contributed by atoms with Crippen LogP contribution in [-0.2, 0) is 23.2 Å². The van der Waals surface area contributed by atoms with Gasteiger partial charge in [-0.3, -0.25) is 4.79 Å². The summed E-state index contributed by atoms with van der Waals surface area (Å²) in [5.41, 5.74) is 3.77. The molecule has 0 bridgehead atoms. The number of aryl methyl sites for hydroxylation is 1. The van der Waals surface area contributed by atoms with Crippen LogP contribution in [0.3, 0.4) is 0 Å². The van der Waals surface area contributed by atoms with Crippen molar-refractivity contribution in [1.82, 2.24) is 0 Å². The molecule has 2 aliphatic rings. The molecule has 0 aromatic heterocycles. The van der Waals surface area contributed by atoms with Crippen LogP contribution in [-0.4, -0.2) is 11.1 Å². The molecule has 28 heavy (non-hydrogen) atoms. The Morgan fingerprint density at radius 1 is 1.14 bits per heavy atom. The number of ether oxygens (including phenoxy) is 1. The molecule has 1 fully saturated rings. The van der Waals surface area contributed by atoms with Gasteiger partial charge in [-0.2, -0.15) is 0 Å². The number of carboxylic acids is 1. The Kier molecular flexibility index (Phi) is 6.43. The van der Waals surface area contributed by atoms with E-state index in [0.717, 1.165) is 43.4 Å². The molecule has 2 aromatic rings. The van der Waals surface area contributed by atoms with Gasteiger partial charge in [0.15, 0.2) is 0 Å². The van der Waals surface area contributed by atoms with Gasteiger partial charge in [0.2, 0.25) is 0 Å². The lowest BCUT2D eigenvalue weighted by atomic mass is 9.55. The van der Waals surface area contributed by atoms with E-state index in [2.05, 4.69) is 37.3 Å². The molecule has 3 atom stereocenters. The molecule has 0 aliphatic heterocycles. The molecule has 2 aromatic carbocycles. The smallest absolute Gasteiger partial charge is 0.306 e. The molecule has 1 saturated carbocycles. The maximum Gasteiger partial charge on any atom is 0.306 e. The maximum absolute atomic E-state index is 11.8. The summed E-state index contributed by atoms with van der Waals surface area (Å²) in [6, 6.07) is 16.6. The van der Waals surface area contributed by atoms with E-state index in [9.17, 15) is 9.90 Å². The van der Waals surface area contributed by atoms with E-state index in [1.165, 1.54) is 11.1 Å². The third-order valence-electron chi connectivity index (χ3n) is 6.50. The molecule has 150 valence electrons. The largest absolute Gasteiger partial charge is 0.489 e. The van der Waals surface area contributed by atoms with Crippen LogP contribution in [0.4, 0.5) is 0 Å². The average Bonchev–Trinajstić information content (AvgIpc) is 2.73. The van der Waals surface area contributed by atoms with E-state index < -0.39 is 5.97 Å². The van der Waals surface area contributed by atoms with Crippen molar-refractivity contribution >= 4 is 5.97 Å². The molecule has 0 radical (unpaired) electrons. The Morgan fingerprint density at radius 2 is 1.89 bits per heavy atom. The lowest BCUT2D eigenvalue weighted by molar-refractivity contribution is -0.147. The highest BCUT2D eigenvalue weighted by Gasteiger charge is 2.48. The summed E-state index contributed by atoms with van der Waals surface area (Å²) < 4.78 is 6.04. The molecule has 4 rings (SSSR count). The van der Waals surface area contributed by atoms with Gasteiger partial charge in [0.1, 0.15) is 12.4 Å². The molecule has 0 spiro atoms. The minimum atomic E-state index is -0.624. The summed E-state index contributed by atoms with van der Waals surface area (Å²) in [6.07, 6.45) is 4.81. The lowest BCUT2D eigenvalue weighted by Crippen LogP contribution is -2.46.